The molecule has 1 aliphatic carbocycles. The Labute approximate surface area is 94.7 Å². The number of carbonyl (C=O) groups is 1. The number of rotatable bonds is 4. The molecule has 5 nitrogen and oxygen atoms in total. The Balaban J connectivity index is 2.09. The van der Waals surface area contributed by atoms with Crippen molar-refractivity contribution in [1.82, 2.24) is 14.5 Å². The van der Waals surface area contributed by atoms with Crippen LogP contribution in [0.5, 0.6) is 0 Å². The lowest BCUT2D eigenvalue weighted by atomic mass is 9.91. The van der Waals surface area contributed by atoms with E-state index in [0.29, 0.717) is 18.3 Å². The number of carbonyl (C=O) groups excluding carboxylic acids is 1. The fourth-order valence-electron chi connectivity index (χ4n) is 1.93. The van der Waals surface area contributed by atoms with Crippen molar-refractivity contribution in [2.24, 2.45) is 7.05 Å². The van der Waals surface area contributed by atoms with Gasteiger partial charge in [0.2, 0.25) is 0 Å². The summed E-state index contributed by atoms with van der Waals surface area (Å²) in [6.45, 7) is 0.412. The number of amides is 1. The maximum atomic E-state index is 12.1. The summed E-state index contributed by atoms with van der Waals surface area (Å²) >= 11 is 0. The number of hydrogen-bond donors (Lipinski definition) is 1. The van der Waals surface area contributed by atoms with Crippen LogP contribution in [0.1, 0.15) is 29.8 Å². The number of aliphatic hydroxyl groups is 1. The minimum atomic E-state index is -0.0700. The zero-order chi connectivity index (χ0) is 11.5. The van der Waals surface area contributed by atoms with Gasteiger partial charge in [0.05, 0.1) is 12.9 Å². The SMILES string of the molecule is Cn1cnc(C(=O)N(CCO)C2CCC2)c1. The van der Waals surface area contributed by atoms with E-state index in [4.69, 9.17) is 5.11 Å². The van der Waals surface area contributed by atoms with Crippen molar-refractivity contribution in [2.45, 2.75) is 25.3 Å². The van der Waals surface area contributed by atoms with Crippen LogP contribution in [0, 0.1) is 0 Å². The largest absolute Gasteiger partial charge is 0.395 e. The van der Waals surface area contributed by atoms with Gasteiger partial charge in [0, 0.05) is 25.8 Å². The van der Waals surface area contributed by atoms with Crippen molar-refractivity contribution >= 4 is 5.91 Å². The van der Waals surface area contributed by atoms with Crippen LogP contribution in [0.4, 0.5) is 0 Å². The second-order valence-electron chi connectivity index (χ2n) is 4.23. The van der Waals surface area contributed by atoms with E-state index < -0.39 is 0 Å². The Kier molecular flexibility index (Phi) is 3.24. The molecule has 1 saturated carbocycles. The van der Waals surface area contributed by atoms with Crippen LogP contribution in [-0.4, -0.2) is 44.7 Å². The smallest absolute Gasteiger partial charge is 0.274 e. The molecule has 5 heteroatoms. The predicted octanol–water partition coefficient (Wildman–Crippen LogP) is 0.407. The second kappa shape index (κ2) is 4.65. The van der Waals surface area contributed by atoms with Crippen molar-refractivity contribution in [3.05, 3.63) is 18.2 Å². The van der Waals surface area contributed by atoms with E-state index in [1.807, 2.05) is 7.05 Å². The summed E-state index contributed by atoms with van der Waals surface area (Å²) in [6, 6.07) is 0.293. The number of aromatic nitrogens is 2. The molecular weight excluding hydrogens is 206 g/mol. The molecule has 0 atom stereocenters. The van der Waals surface area contributed by atoms with E-state index in [9.17, 15) is 4.79 Å². The van der Waals surface area contributed by atoms with E-state index in [-0.39, 0.29) is 12.5 Å². The first-order valence-electron chi connectivity index (χ1n) is 5.62. The monoisotopic (exact) mass is 223 g/mol. The van der Waals surface area contributed by atoms with Gasteiger partial charge in [0.1, 0.15) is 5.69 Å². The summed E-state index contributed by atoms with van der Waals surface area (Å²) in [5, 5.41) is 8.99. The van der Waals surface area contributed by atoms with Crippen molar-refractivity contribution in [2.75, 3.05) is 13.2 Å². The molecule has 0 aliphatic heterocycles. The van der Waals surface area contributed by atoms with E-state index in [0.717, 1.165) is 12.8 Å². The normalized spacial score (nSPS) is 15.9. The van der Waals surface area contributed by atoms with Gasteiger partial charge in [-0.2, -0.15) is 0 Å². The minimum Gasteiger partial charge on any atom is -0.395 e. The Morgan fingerprint density at radius 1 is 1.69 bits per heavy atom. The zero-order valence-electron chi connectivity index (χ0n) is 9.46. The topological polar surface area (TPSA) is 58.4 Å². The Morgan fingerprint density at radius 3 is 2.88 bits per heavy atom. The molecule has 1 fully saturated rings. The van der Waals surface area contributed by atoms with Crippen LogP contribution in [-0.2, 0) is 7.05 Å². The Bertz CT molecular complexity index is 371. The molecule has 1 aromatic heterocycles. The summed E-state index contributed by atoms with van der Waals surface area (Å²) in [7, 11) is 1.84. The van der Waals surface area contributed by atoms with E-state index in [1.165, 1.54) is 6.42 Å². The average Bonchev–Trinajstić information content (AvgIpc) is 2.60. The van der Waals surface area contributed by atoms with Crippen LogP contribution >= 0.6 is 0 Å². The molecule has 1 amide bonds. The average molecular weight is 223 g/mol. The third-order valence-corrected chi connectivity index (χ3v) is 3.04. The van der Waals surface area contributed by atoms with E-state index in [2.05, 4.69) is 4.98 Å². The van der Waals surface area contributed by atoms with Gasteiger partial charge < -0.3 is 14.6 Å². The number of aryl methyl sites for hydroxylation is 1. The lowest BCUT2D eigenvalue weighted by Crippen LogP contribution is -2.45. The van der Waals surface area contributed by atoms with Crippen LogP contribution < -0.4 is 0 Å². The minimum absolute atomic E-state index is 0.00900. The van der Waals surface area contributed by atoms with Gasteiger partial charge in [-0.1, -0.05) is 0 Å². The van der Waals surface area contributed by atoms with Gasteiger partial charge in [-0.25, -0.2) is 4.98 Å². The first kappa shape index (κ1) is 11.1. The van der Waals surface area contributed by atoms with Crippen molar-refractivity contribution in [3.63, 3.8) is 0 Å². The molecular formula is C11H17N3O2. The van der Waals surface area contributed by atoms with Crippen molar-refractivity contribution in [3.8, 4) is 0 Å². The van der Waals surface area contributed by atoms with E-state index in [1.54, 1.807) is 22.0 Å². The van der Waals surface area contributed by atoms with Crippen LogP contribution in [0.25, 0.3) is 0 Å². The molecule has 1 N–H and O–H groups in total. The first-order valence-corrected chi connectivity index (χ1v) is 5.62. The number of imidazole rings is 1. The van der Waals surface area contributed by atoms with Crippen LogP contribution in [0.3, 0.4) is 0 Å². The lowest BCUT2D eigenvalue weighted by Gasteiger charge is -2.36. The highest BCUT2D eigenvalue weighted by Crippen LogP contribution is 2.25. The summed E-state index contributed by atoms with van der Waals surface area (Å²) in [5.74, 6) is -0.0700. The highest BCUT2D eigenvalue weighted by molar-refractivity contribution is 5.92. The summed E-state index contributed by atoms with van der Waals surface area (Å²) in [6.07, 6.45) is 6.58. The lowest BCUT2D eigenvalue weighted by molar-refractivity contribution is 0.0520. The standard InChI is InChI=1S/C11H17N3O2/c1-13-7-10(12-8-13)11(16)14(5-6-15)9-3-2-4-9/h7-9,15H,2-6H2,1H3. The molecule has 16 heavy (non-hydrogen) atoms. The third kappa shape index (κ3) is 2.09. The maximum absolute atomic E-state index is 12.1. The molecule has 2 rings (SSSR count). The highest BCUT2D eigenvalue weighted by atomic mass is 16.3. The number of hydrogen-bond acceptors (Lipinski definition) is 3. The van der Waals surface area contributed by atoms with Crippen molar-refractivity contribution in [1.29, 1.82) is 0 Å². The summed E-state index contributed by atoms with van der Waals surface area (Å²) in [5.41, 5.74) is 0.461. The van der Waals surface area contributed by atoms with Gasteiger partial charge in [0.25, 0.3) is 5.91 Å². The molecule has 0 radical (unpaired) electrons. The predicted molar refractivity (Wildman–Crippen MR) is 59.0 cm³/mol. The fraction of sp³-hybridized carbons (Fsp3) is 0.636. The number of aliphatic hydroxyl groups excluding tert-OH is 1. The maximum Gasteiger partial charge on any atom is 0.274 e. The fourth-order valence-corrected chi connectivity index (χ4v) is 1.93. The van der Waals surface area contributed by atoms with Gasteiger partial charge in [0.15, 0.2) is 0 Å². The molecule has 1 heterocycles. The third-order valence-electron chi connectivity index (χ3n) is 3.04. The quantitative estimate of drug-likeness (QED) is 0.804. The molecule has 0 saturated heterocycles. The van der Waals surface area contributed by atoms with Crippen LogP contribution in [0.15, 0.2) is 12.5 Å². The molecule has 1 aliphatic rings. The van der Waals surface area contributed by atoms with E-state index >= 15 is 0 Å². The summed E-state index contributed by atoms with van der Waals surface area (Å²) < 4.78 is 1.76. The van der Waals surface area contributed by atoms with Gasteiger partial charge in [-0.05, 0) is 19.3 Å². The molecule has 88 valence electrons. The zero-order valence-corrected chi connectivity index (χ0v) is 9.46. The van der Waals surface area contributed by atoms with Gasteiger partial charge >= 0.3 is 0 Å². The molecule has 0 aromatic carbocycles. The first-order chi connectivity index (χ1) is 7.72. The second-order valence-corrected chi connectivity index (χ2v) is 4.23. The highest BCUT2D eigenvalue weighted by Gasteiger charge is 2.29. The van der Waals surface area contributed by atoms with Gasteiger partial charge in [-0.3, -0.25) is 4.79 Å². The van der Waals surface area contributed by atoms with Crippen molar-refractivity contribution < 1.29 is 9.90 Å². The number of nitrogens with zero attached hydrogens (tertiary/aromatic N) is 3. The molecule has 0 spiro atoms. The Morgan fingerprint density at radius 2 is 2.44 bits per heavy atom. The Hall–Kier alpha value is -1.36. The molecule has 0 unspecified atom stereocenters. The molecule has 1 aromatic rings. The van der Waals surface area contributed by atoms with Gasteiger partial charge in [-0.15, -0.1) is 0 Å². The molecule has 0 bridgehead atoms. The summed E-state index contributed by atoms with van der Waals surface area (Å²) in [4.78, 5) is 17.9. The van der Waals surface area contributed by atoms with Crippen LogP contribution in [0.2, 0.25) is 0 Å².